The highest BCUT2D eigenvalue weighted by Crippen LogP contribution is 2.34. The third-order valence-electron chi connectivity index (χ3n) is 7.54. The number of nitrogens with zero attached hydrogens (tertiary/aromatic N) is 4. The van der Waals surface area contributed by atoms with Gasteiger partial charge in [-0.05, 0) is 55.2 Å². The number of aliphatic hydroxyl groups excluding tert-OH is 1. The standard InChI is InChI=1S/C28H30F3N5O3.H2O/c29-28(30,31)25-24(17-36(33-25)22-6-2-1-3-7-22)26(38)32-20-9-11-21(12-10-20)34-13-15-35(16-14-34)27(39)23-8-4-5-19(23)18-37;/h1-3,6-7,9-12,17,19,23,37H,4-5,8,13-16,18H2,(H,32,38);1H2/t19-,23+;/m1./s1. The number of hydrogen-bond donors (Lipinski definition) is 2. The van der Waals surface area contributed by atoms with Crippen molar-refractivity contribution in [3.8, 4) is 5.69 Å². The number of anilines is 2. The van der Waals surface area contributed by atoms with Crippen molar-refractivity contribution < 1.29 is 33.3 Å². The van der Waals surface area contributed by atoms with Crippen LogP contribution in [-0.4, -0.2) is 69.9 Å². The molecule has 214 valence electrons. The van der Waals surface area contributed by atoms with Crippen molar-refractivity contribution in [2.75, 3.05) is 43.0 Å². The minimum absolute atomic E-state index is 0. The first kappa shape index (κ1) is 29.1. The summed E-state index contributed by atoms with van der Waals surface area (Å²) < 4.78 is 42.0. The fraction of sp³-hybridized carbons (Fsp3) is 0.393. The number of carbonyl (C=O) groups is 2. The van der Waals surface area contributed by atoms with Crippen molar-refractivity contribution in [3.63, 3.8) is 0 Å². The van der Waals surface area contributed by atoms with E-state index in [-0.39, 0.29) is 29.8 Å². The largest absolute Gasteiger partial charge is 0.435 e. The molecule has 1 saturated heterocycles. The minimum Gasteiger partial charge on any atom is -0.412 e. The first-order chi connectivity index (χ1) is 18.7. The van der Waals surface area contributed by atoms with Crippen molar-refractivity contribution in [2.45, 2.75) is 25.4 Å². The molecule has 40 heavy (non-hydrogen) atoms. The van der Waals surface area contributed by atoms with Gasteiger partial charge in [-0.15, -0.1) is 0 Å². The fourth-order valence-corrected chi connectivity index (χ4v) is 5.42. The monoisotopic (exact) mass is 559 g/mol. The van der Waals surface area contributed by atoms with Crippen LogP contribution in [0, 0.1) is 11.8 Å². The Hall–Kier alpha value is -3.90. The second-order valence-corrected chi connectivity index (χ2v) is 9.96. The Labute approximate surface area is 229 Å². The fourth-order valence-electron chi connectivity index (χ4n) is 5.42. The summed E-state index contributed by atoms with van der Waals surface area (Å²) >= 11 is 0. The van der Waals surface area contributed by atoms with Gasteiger partial charge in [-0.1, -0.05) is 24.6 Å². The molecule has 5 rings (SSSR count). The van der Waals surface area contributed by atoms with E-state index < -0.39 is 23.3 Å². The van der Waals surface area contributed by atoms with Gasteiger partial charge in [0.2, 0.25) is 5.91 Å². The van der Waals surface area contributed by atoms with E-state index in [1.165, 1.54) is 0 Å². The van der Waals surface area contributed by atoms with Crippen LogP contribution in [0.25, 0.3) is 5.69 Å². The van der Waals surface area contributed by atoms with Gasteiger partial charge in [0, 0.05) is 56.3 Å². The van der Waals surface area contributed by atoms with Crippen molar-refractivity contribution in [2.24, 2.45) is 11.8 Å². The molecule has 2 atom stereocenters. The smallest absolute Gasteiger partial charge is 0.412 e. The lowest BCUT2D eigenvalue weighted by molar-refractivity contribution is -0.141. The Morgan fingerprint density at radius 1 is 0.950 bits per heavy atom. The van der Waals surface area contributed by atoms with Crippen molar-refractivity contribution in [1.82, 2.24) is 14.7 Å². The number of amides is 2. The topological polar surface area (TPSA) is 122 Å². The number of para-hydroxylation sites is 1. The van der Waals surface area contributed by atoms with E-state index in [2.05, 4.69) is 15.3 Å². The number of benzene rings is 2. The van der Waals surface area contributed by atoms with E-state index >= 15 is 0 Å². The van der Waals surface area contributed by atoms with E-state index in [4.69, 9.17) is 0 Å². The molecule has 1 aliphatic carbocycles. The Morgan fingerprint density at radius 2 is 1.62 bits per heavy atom. The average molecular weight is 560 g/mol. The maximum atomic E-state index is 13.6. The summed E-state index contributed by atoms with van der Waals surface area (Å²) in [5.41, 5.74) is -0.168. The maximum absolute atomic E-state index is 13.6. The highest BCUT2D eigenvalue weighted by atomic mass is 19.4. The molecule has 2 heterocycles. The van der Waals surface area contributed by atoms with Crippen LogP contribution in [0.3, 0.4) is 0 Å². The molecule has 1 aliphatic heterocycles. The lowest BCUT2D eigenvalue weighted by Gasteiger charge is -2.38. The Balaban J connectivity index is 0.00000370. The Morgan fingerprint density at radius 3 is 2.25 bits per heavy atom. The number of hydrogen-bond acceptors (Lipinski definition) is 5. The molecule has 2 aromatic carbocycles. The third kappa shape index (κ3) is 6.13. The van der Waals surface area contributed by atoms with Gasteiger partial charge in [0.1, 0.15) is 0 Å². The maximum Gasteiger partial charge on any atom is 0.435 e. The summed E-state index contributed by atoms with van der Waals surface area (Å²) in [5.74, 6) is -0.823. The van der Waals surface area contributed by atoms with Crippen LogP contribution in [0.15, 0.2) is 60.8 Å². The number of halogens is 3. The number of nitrogens with one attached hydrogen (secondary N) is 1. The SMILES string of the molecule is O.O=C(Nc1ccc(N2CCN(C(=O)[C@H]3CCC[C@@H]3CO)CC2)cc1)c1cn(-c2ccccc2)nc1C(F)(F)F. The lowest BCUT2D eigenvalue weighted by atomic mass is 9.95. The second kappa shape index (κ2) is 12.1. The van der Waals surface area contributed by atoms with Gasteiger partial charge in [-0.25, -0.2) is 4.68 Å². The molecule has 12 heteroatoms. The van der Waals surface area contributed by atoms with Crippen molar-refractivity contribution in [3.05, 3.63) is 72.1 Å². The number of aliphatic hydroxyl groups is 1. The van der Waals surface area contributed by atoms with E-state index in [9.17, 15) is 27.9 Å². The molecule has 1 saturated carbocycles. The first-order valence-electron chi connectivity index (χ1n) is 13.0. The molecule has 1 aromatic heterocycles. The molecular weight excluding hydrogens is 527 g/mol. The third-order valence-corrected chi connectivity index (χ3v) is 7.54. The van der Waals surface area contributed by atoms with E-state index in [0.717, 1.165) is 35.8 Å². The molecule has 2 fully saturated rings. The van der Waals surface area contributed by atoms with Crippen LogP contribution in [0.2, 0.25) is 0 Å². The zero-order chi connectivity index (χ0) is 27.6. The molecule has 4 N–H and O–H groups in total. The zero-order valence-corrected chi connectivity index (χ0v) is 21.8. The molecule has 9 nitrogen and oxygen atoms in total. The summed E-state index contributed by atoms with van der Waals surface area (Å²) in [6, 6.07) is 15.2. The summed E-state index contributed by atoms with van der Waals surface area (Å²) in [6.07, 6.45) is -1.02. The van der Waals surface area contributed by atoms with Gasteiger partial charge in [-0.3, -0.25) is 9.59 Å². The molecule has 0 bridgehead atoms. The Bertz CT molecular complexity index is 1310. The number of alkyl halides is 3. The molecule has 0 unspecified atom stereocenters. The van der Waals surface area contributed by atoms with E-state index in [1.54, 1.807) is 54.6 Å². The van der Waals surface area contributed by atoms with Gasteiger partial charge in [-0.2, -0.15) is 18.3 Å². The van der Waals surface area contributed by atoms with Crippen LogP contribution in [0.4, 0.5) is 24.5 Å². The Kier molecular flexibility index (Phi) is 8.79. The molecule has 2 amide bonds. The quantitative estimate of drug-likeness (QED) is 0.480. The molecule has 0 spiro atoms. The molecule has 0 radical (unpaired) electrons. The van der Waals surface area contributed by atoms with Crippen LogP contribution < -0.4 is 10.2 Å². The van der Waals surface area contributed by atoms with Gasteiger partial charge in [0.15, 0.2) is 5.69 Å². The highest BCUT2D eigenvalue weighted by Gasteiger charge is 2.39. The van der Waals surface area contributed by atoms with Crippen LogP contribution in [0.1, 0.15) is 35.3 Å². The predicted molar refractivity (Wildman–Crippen MR) is 143 cm³/mol. The number of aromatic nitrogens is 2. The van der Waals surface area contributed by atoms with Crippen molar-refractivity contribution >= 4 is 23.2 Å². The van der Waals surface area contributed by atoms with Gasteiger partial charge in [0.05, 0.1) is 11.3 Å². The van der Waals surface area contributed by atoms with Crippen LogP contribution >= 0.6 is 0 Å². The lowest BCUT2D eigenvalue weighted by Crippen LogP contribution is -2.51. The minimum atomic E-state index is -4.79. The molecule has 3 aromatic rings. The summed E-state index contributed by atoms with van der Waals surface area (Å²) in [7, 11) is 0. The summed E-state index contributed by atoms with van der Waals surface area (Å²) in [6.45, 7) is 2.49. The summed E-state index contributed by atoms with van der Waals surface area (Å²) in [5, 5.41) is 15.7. The van der Waals surface area contributed by atoms with Gasteiger partial charge < -0.3 is 25.7 Å². The number of piperazine rings is 1. The van der Waals surface area contributed by atoms with E-state index in [1.807, 2.05) is 4.90 Å². The second-order valence-electron chi connectivity index (χ2n) is 9.96. The normalized spacial score (nSPS) is 19.3. The van der Waals surface area contributed by atoms with Crippen molar-refractivity contribution in [1.29, 1.82) is 0 Å². The predicted octanol–water partition coefficient (Wildman–Crippen LogP) is 3.38. The highest BCUT2D eigenvalue weighted by molar-refractivity contribution is 6.05. The van der Waals surface area contributed by atoms with E-state index in [0.29, 0.717) is 37.6 Å². The van der Waals surface area contributed by atoms with Gasteiger partial charge in [0.25, 0.3) is 5.91 Å². The summed E-state index contributed by atoms with van der Waals surface area (Å²) in [4.78, 5) is 29.8. The number of carbonyl (C=O) groups excluding carboxylic acids is 2. The molecular formula is C28H32F3N5O4. The zero-order valence-electron chi connectivity index (χ0n) is 21.8. The molecule has 2 aliphatic rings. The van der Waals surface area contributed by atoms with Crippen LogP contribution in [-0.2, 0) is 11.0 Å². The van der Waals surface area contributed by atoms with Gasteiger partial charge >= 0.3 is 6.18 Å². The first-order valence-corrected chi connectivity index (χ1v) is 13.0. The number of rotatable bonds is 6. The average Bonchev–Trinajstić information content (AvgIpc) is 3.62. The van der Waals surface area contributed by atoms with Crippen LogP contribution in [0.5, 0.6) is 0 Å².